The molecule has 0 saturated carbocycles. The van der Waals surface area contributed by atoms with Crippen LogP contribution in [0.4, 0.5) is 8.78 Å². The molecule has 37 heavy (non-hydrogen) atoms. The van der Waals surface area contributed by atoms with Gasteiger partial charge >= 0.3 is 5.97 Å². The van der Waals surface area contributed by atoms with Crippen molar-refractivity contribution in [3.05, 3.63) is 71.4 Å². The SMILES string of the molecule is COc1ccc2nccc(CCCC3CCN(CCCc4c(F)cccc4F)CC3CCC(=O)O)c2c1. The van der Waals surface area contributed by atoms with Crippen LogP contribution in [0.2, 0.25) is 0 Å². The summed E-state index contributed by atoms with van der Waals surface area (Å²) in [6.45, 7) is 2.53. The molecule has 0 spiro atoms. The van der Waals surface area contributed by atoms with Gasteiger partial charge in [-0.25, -0.2) is 8.78 Å². The largest absolute Gasteiger partial charge is 0.497 e. The number of aliphatic carboxylic acids is 1. The first-order valence-corrected chi connectivity index (χ1v) is 13.2. The minimum absolute atomic E-state index is 0.154. The normalized spacial score (nSPS) is 18.2. The molecule has 4 rings (SSSR count). The number of hydrogen-bond donors (Lipinski definition) is 1. The molecule has 198 valence electrons. The van der Waals surface area contributed by atoms with Crippen LogP contribution in [0, 0.1) is 23.5 Å². The van der Waals surface area contributed by atoms with Crippen LogP contribution >= 0.6 is 0 Å². The summed E-state index contributed by atoms with van der Waals surface area (Å²) in [4.78, 5) is 18.1. The number of likely N-dealkylation sites (tertiary alicyclic amines) is 1. The van der Waals surface area contributed by atoms with Gasteiger partial charge in [0.15, 0.2) is 0 Å². The lowest BCUT2D eigenvalue weighted by Crippen LogP contribution is -2.41. The number of rotatable bonds is 12. The highest BCUT2D eigenvalue weighted by molar-refractivity contribution is 5.83. The summed E-state index contributed by atoms with van der Waals surface area (Å²) in [5.74, 6) is -0.132. The lowest BCUT2D eigenvalue weighted by Gasteiger charge is -2.39. The first-order chi connectivity index (χ1) is 17.9. The molecule has 1 aromatic heterocycles. The number of fused-ring (bicyclic) bond motifs is 1. The summed E-state index contributed by atoms with van der Waals surface area (Å²) in [5.41, 5.74) is 2.37. The average molecular weight is 511 g/mol. The molecule has 1 saturated heterocycles. The molecule has 2 unspecified atom stereocenters. The van der Waals surface area contributed by atoms with Crippen LogP contribution in [0.1, 0.15) is 49.7 Å². The standard InChI is InChI=1S/C30H36F2N2O3/c1-37-24-11-12-29-26(19-24)22(14-16-33-29)6-2-5-21-15-18-34(20-23(21)10-13-30(35)36)17-4-7-25-27(31)8-3-9-28(25)32/h3,8-9,11-12,14,16,19,21,23H,2,4-7,10,13,15,17-18,20H2,1H3,(H,35,36). The highest BCUT2D eigenvalue weighted by Crippen LogP contribution is 2.32. The number of halogens is 2. The number of carbonyl (C=O) groups is 1. The number of methoxy groups -OCH3 is 1. The quantitative estimate of drug-likeness (QED) is 0.311. The number of pyridine rings is 1. The van der Waals surface area contributed by atoms with E-state index in [0.29, 0.717) is 31.1 Å². The van der Waals surface area contributed by atoms with E-state index in [4.69, 9.17) is 4.74 Å². The van der Waals surface area contributed by atoms with E-state index in [1.165, 1.54) is 23.8 Å². The topological polar surface area (TPSA) is 62.7 Å². The molecule has 7 heteroatoms. The Labute approximate surface area is 217 Å². The Kier molecular flexibility index (Phi) is 9.45. The first-order valence-electron chi connectivity index (χ1n) is 13.2. The van der Waals surface area contributed by atoms with Crippen LogP contribution < -0.4 is 4.74 Å². The monoisotopic (exact) mass is 510 g/mol. The minimum Gasteiger partial charge on any atom is -0.497 e. The second-order valence-corrected chi connectivity index (χ2v) is 10.1. The third-order valence-electron chi connectivity index (χ3n) is 7.73. The summed E-state index contributed by atoms with van der Waals surface area (Å²) < 4.78 is 33.3. The van der Waals surface area contributed by atoms with E-state index in [1.54, 1.807) is 7.11 Å². The van der Waals surface area contributed by atoms with E-state index >= 15 is 0 Å². The molecule has 3 aromatic rings. The van der Waals surface area contributed by atoms with Gasteiger partial charge in [0.05, 0.1) is 12.6 Å². The maximum Gasteiger partial charge on any atom is 0.303 e. The second-order valence-electron chi connectivity index (χ2n) is 10.1. The Bertz CT molecular complexity index is 1180. The number of ether oxygens (including phenoxy) is 1. The number of piperidine rings is 1. The number of aromatic nitrogens is 1. The fraction of sp³-hybridized carbons (Fsp3) is 0.467. The first kappa shape index (κ1) is 27.0. The van der Waals surface area contributed by atoms with Gasteiger partial charge in [0.1, 0.15) is 17.4 Å². The lowest BCUT2D eigenvalue weighted by molar-refractivity contribution is -0.137. The van der Waals surface area contributed by atoms with E-state index in [2.05, 4.69) is 16.0 Å². The number of hydrogen-bond acceptors (Lipinski definition) is 4. The van der Waals surface area contributed by atoms with Gasteiger partial charge < -0.3 is 14.7 Å². The second kappa shape index (κ2) is 13.0. The van der Waals surface area contributed by atoms with Crippen LogP contribution in [0.3, 0.4) is 0 Å². The smallest absolute Gasteiger partial charge is 0.303 e. The van der Waals surface area contributed by atoms with Crippen LogP contribution in [0.15, 0.2) is 48.7 Å². The molecule has 1 N–H and O–H groups in total. The van der Waals surface area contributed by atoms with Crippen molar-refractivity contribution in [3.8, 4) is 5.75 Å². The molecule has 5 nitrogen and oxygen atoms in total. The maximum atomic E-state index is 14.0. The Hall–Kier alpha value is -3.06. The van der Waals surface area contributed by atoms with E-state index in [1.807, 2.05) is 24.4 Å². The lowest BCUT2D eigenvalue weighted by atomic mass is 9.79. The predicted molar refractivity (Wildman–Crippen MR) is 141 cm³/mol. The van der Waals surface area contributed by atoms with Crippen molar-refractivity contribution in [1.29, 1.82) is 0 Å². The fourth-order valence-corrected chi connectivity index (χ4v) is 5.71. The zero-order valence-corrected chi connectivity index (χ0v) is 21.5. The molecule has 0 bridgehead atoms. The predicted octanol–water partition coefficient (Wildman–Crippen LogP) is 6.28. The van der Waals surface area contributed by atoms with Gasteiger partial charge in [-0.05, 0) is 112 Å². The number of carboxylic acid groups (broad SMARTS) is 1. The van der Waals surface area contributed by atoms with Gasteiger partial charge in [-0.1, -0.05) is 6.07 Å². The summed E-state index contributed by atoms with van der Waals surface area (Å²) in [6.07, 6.45) is 7.75. The van der Waals surface area contributed by atoms with E-state index in [-0.39, 0.29) is 12.0 Å². The zero-order chi connectivity index (χ0) is 26.2. The molecule has 1 aliphatic heterocycles. The number of benzene rings is 2. The third kappa shape index (κ3) is 7.25. The van der Waals surface area contributed by atoms with Gasteiger partial charge in [0.25, 0.3) is 0 Å². The molecule has 2 aromatic carbocycles. The molecule has 1 aliphatic rings. The summed E-state index contributed by atoms with van der Waals surface area (Å²) in [5, 5.41) is 10.4. The van der Waals surface area contributed by atoms with Crippen LogP contribution in [-0.2, 0) is 17.6 Å². The summed E-state index contributed by atoms with van der Waals surface area (Å²) in [6, 6.07) is 12.0. The Morgan fingerprint density at radius 1 is 1.08 bits per heavy atom. The molecular weight excluding hydrogens is 474 g/mol. The number of carboxylic acids is 1. The Morgan fingerprint density at radius 3 is 2.65 bits per heavy atom. The Balaban J connectivity index is 1.32. The van der Waals surface area contributed by atoms with E-state index in [9.17, 15) is 18.7 Å². The van der Waals surface area contributed by atoms with E-state index < -0.39 is 17.6 Å². The van der Waals surface area contributed by atoms with Crippen molar-refractivity contribution >= 4 is 16.9 Å². The zero-order valence-electron chi connectivity index (χ0n) is 21.5. The van der Waals surface area contributed by atoms with Crippen LogP contribution in [0.5, 0.6) is 5.75 Å². The molecule has 0 amide bonds. The summed E-state index contributed by atoms with van der Waals surface area (Å²) >= 11 is 0. The van der Waals surface area contributed by atoms with Gasteiger partial charge in [0.2, 0.25) is 0 Å². The van der Waals surface area contributed by atoms with Crippen molar-refractivity contribution in [2.45, 2.75) is 51.4 Å². The highest BCUT2D eigenvalue weighted by Gasteiger charge is 2.29. The molecule has 2 atom stereocenters. The Morgan fingerprint density at radius 2 is 1.89 bits per heavy atom. The van der Waals surface area contributed by atoms with Crippen molar-refractivity contribution in [1.82, 2.24) is 9.88 Å². The minimum atomic E-state index is -0.761. The molecule has 1 fully saturated rings. The van der Waals surface area contributed by atoms with Crippen molar-refractivity contribution < 1.29 is 23.4 Å². The number of aryl methyl sites for hydroxylation is 1. The van der Waals surface area contributed by atoms with Crippen LogP contribution in [0.25, 0.3) is 10.9 Å². The fourth-order valence-electron chi connectivity index (χ4n) is 5.71. The molecule has 2 heterocycles. The van der Waals surface area contributed by atoms with Crippen molar-refractivity contribution in [3.63, 3.8) is 0 Å². The molecule has 0 radical (unpaired) electrons. The molecule has 0 aliphatic carbocycles. The van der Waals surface area contributed by atoms with Crippen molar-refractivity contribution in [2.75, 3.05) is 26.7 Å². The highest BCUT2D eigenvalue weighted by atomic mass is 19.1. The van der Waals surface area contributed by atoms with Crippen LogP contribution in [-0.4, -0.2) is 47.7 Å². The maximum absolute atomic E-state index is 14.0. The van der Waals surface area contributed by atoms with Gasteiger partial charge in [-0.3, -0.25) is 9.78 Å². The average Bonchev–Trinajstić information content (AvgIpc) is 2.89. The number of nitrogens with zero attached hydrogens (tertiary/aromatic N) is 2. The van der Waals surface area contributed by atoms with Gasteiger partial charge in [0, 0.05) is 30.1 Å². The van der Waals surface area contributed by atoms with E-state index in [0.717, 1.165) is 62.0 Å². The van der Waals surface area contributed by atoms with Crippen molar-refractivity contribution in [2.24, 2.45) is 11.8 Å². The summed E-state index contributed by atoms with van der Waals surface area (Å²) in [7, 11) is 1.67. The van der Waals surface area contributed by atoms with Gasteiger partial charge in [-0.15, -0.1) is 0 Å². The van der Waals surface area contributed by atoms with Gasteiger partial charge in [-0.2, -0.15) is 0 Å². The third-order valence-corrected chi connectivity index (χ3v) is 7.73. The molecular formula is C30H36F2N2O3.